The van der Waals surface area contributed by atoms with E-state index in [2.05, 4.69) is 29.6 Å². The molecule has 1 aliphatic heterocycles. The van der Waals surface area contributed by atoms with Gasteiger partial charge in [0.25, 0.3) is 0 Å². The number of nitrogens with one attached hydrogen (secondary N) is 1. The number of amides is 1. The zero-order valence-electron chi connectivity index (χ0n) is 17.1. The van der Waals surface area contributed by atoms with Crippen molar-refractivity contribution in [3.63, 3.8) is 0 Å². The van der Waals surface area contributed by atoms with Crippen LogP contribution >= 0.6 is 0 Å². The van der Waals surface area contributed by atoms with Crippen LogP contribution in [0.1, 0.15) is 49.7 Å². The molecule has 0 radical (unpaired) electrons. The smallest absolute Gasteiger partial charge is 0.248 e. The molecule has 7 rings (SSSR count). The normalized spacial score (nSPS) is 30.7. The molecule has 0 aromatic heterocycles. The summed E-state index contributed by atoms with van der Waals surface area (Å²) in [6, 6.07) is 14.3. The van der Waals surface area contributed by atoms with Crippen LogP contribution in [-0.2, 0) is 10.2 Å². The Balaban J connectivity index is 1.12. The summed E-state index contributed by atoms with van der Waals surface area (Å²) in [5, 5.41) is 2.98. The van der Waals surface area contributed by atoms with E-state index in [4.69, 9.17) is 9.47 Å². The van der Waals surface area contributed by atoms with Crippen molar-refractivity contribution in [3.05, 3.63) is 59.7 Å². The van der Waals surface area contributed by atoms with E-state index in [1.807, 2.05) is 18.2 Å². The molecule has 0 spiro atoms. The standard InChI is InChI=1S/C26H27NO3/c28-25(8-2-17-1-7-23-24(12-17)30-16-29-23)27-22-5-3-21(4-6-22)26-13-18-9-19(14-26)11-20(10-18)15-26/h1-8,12,18-20H,9-11,13-16H2,(H,27,28)/b8-2+. The monoisotopic (exact) mass is 401 g/mol. The Labute approximate surface area is 177 Å². The maximum absolute atomic E-state index is 12.4. The quantitative estimate of drug-likeness (QED) is 0.685. The first-order valence-electron chi connectivity index (χ1n) is 11.1. The summed E-state index contributed by atoms with van der Waals surface area (Å²) in [7, 11) is 0. The first kappa shape index (κ1) is 18.1. The predicted octanol–water partition coefficient (Wildman–Crippen LogP) is 5.54. The van der Waals surface area contributed by atoms with Gasteiger partial charge in [-0.1, -0.05) is 18.2 Å². The average molecular weight is 402 g/mol. The molecule has 0 atom stereocenters. The van der Waals surface area contributed by atoms with Crippen LogP contribution in [0.3, 0.4) is 0 Å². The Morgan fingerprint density at radius 1 is 0.900 bits per heavy atom. The van der Waals surface area contributed by atoms with Gasteiger partial charge in [0.1, 0.15) is 0 Å². The van der Waals surface area contributed by atoms with E-state index in [0.717, 1.165) is 40.5 Å². The fourth-order valence-corrected chi connectivity index (χ4v) is 6.74. The highest BCUT2D eigenvalue weighted by molar-refractivity contribution is 6.01. The van der Waals surface area contributed by atoms with Crippen molar-refractivity contribution in [1.29, 1.82) is 0 Å². The molecule has 30 heavy (non-hydrogen) atoms. The zero-order chi connectivity index (χ0) is 20.1. The van der Waals surface area contributed by atoms with E-state index in [1.165, 1.54) is 44.1 Å². The third kappa shape index (κ3) is 3.19. The number of anilines is 1. The molecule has 4 aliphatic carbocycles. The number of rotatable bonds is 4. The minimum absolute atomic E-state index is 0.129. The molecule has 0 unspecified atom stereocenters. The van der Waals surface area contributed by atoms with Crippen LogP contribution < -0.4 is 14.8 Å². The van der Waals surface area contributed by atoms with E-state index in [-0.39, 0.29) is 12.7 Å². The van der Waals surface area contributed by atoms with E-state index in [1.54, 1.807) is 12.2 Å². The number of ether oxygens (including phenoxy) is 2. The van der Waals surface area contributed by atoms with Crippen LogP contribution in [0.15, 0.2) is 48.5 Å². The van der Waals surface area contributed by atoms with Crippen LogP contribution in [0.5, 0.6) is 11.5 Å². The van der Waals surface area contributed by atoms with E-state index in [9.17, 15) is 4.79 Å². The molecule has 154 valence electrons. The summed E-state index contributed by atoms with van der Waals surface area (Å²) in [6.07, 6.45) is 11.8. The summed E-state index contributed by atoms with van der Waals surface area (Å²) in [4.78, 5) is 12.4. The molecule has 4 bridgehead atoms. The van der Waals surface area contributed by atoms with Gasteiger partial charge in [-0.15, -0.1) is 0 Å². The van der Waals surface area contributed by atoms with Crippen LogP contribution in [0.25, 0.3) is 6.08 Å². The minimum atomic E-state index is -0.129. The van der Waals surface area contributed by atoms with Crippen molar-refractivity contribution < 1.29 is 14.3 Å². The Bertz CT molecular complexity index is 972. The van der Waals surface area contributed by atoms with Gasteiger partial charge in [0.05, 0.1) is 0 Å². The second kappa shape index (κ2) is 6.90. The fourth-order valence-electron chi connectivity index (χ4n) is 6.74. The number of hydrogen-bond donors (Lipinski definition) is 1. The van der Waals surface area contributed by atoms with Gasteiger partial charge in [-0.25, -0.2) is 0 Å². The number of fused-ring (bicyclic) bond motifs is 1. The van der Waals surface area contributed by atoms with E-state index >= 15 is 0 Å². The number of carbonyl (C=O) groups is 1. The highest BCUT2D eigenvalue weighted by Crippen LogP contribution is 2.60. The summed E-state index contributed by atoms with van der Waals surface area (Å²) in [5.41, 5.74) is 3.64. The van der Waals surface area contributed by atoms with Crippen molar-refractivity contribution in [2.45, 2.75) is 43.9 Å². The van der Waals surface area contributed by atoms with E-state index < -0.39 is 0 Å². The summed E-state index contributed by atoms with van der Waals surface area (Å²) in [6.45, 7) is 0.252. The summed E-state index contributed by atoms with van der Waals surface area (Å²) in [5.74, 6) is 4.16. The highest BCUT2D eigenvalue weighted by atomic mass is 16.7. The van der Waals surface area contributed by atoms with Crippen molar-refractivity contribution in [2.75, 3.05) is 12.1 Å². The van der Waals surface area contributed by atoms with Gasteiger partial charge >= 0.3 is 0 Å². The molecular formula is C26H27NO3. The van der Waals surface area contributed by atoms with Gasteiger partial charge in [-0.2, -0.15) is 0 Å². The molecule has 4 saturated carbocycles. The van der Waals surface area contributed by atoms with Crippen molar-refractivity contribution in [1.82, 2.24) is 0 Å². The molecule has 1 N–H and O–H groups in total. The molecule has 4 heteroatoms. The molecule has 5 aliphatic rings. The largest absolute Gasteiger partial charge is 0.454 e. The van der Waals surface area contributed by atoms with Gasteiger partial charge in [-0.05, 0) is 103 Å². The lowest BCUT2D eigenvalue weighted by molar-refractivity contribution is -0.111. The Morgan fingerprint density at radius 2 is 1.57 bits per heavy atom. The third-order valence-electron chi connectivity index (χ3n) is 7.63. The molecular weight excluding hydrogens is 374 g/mol. The van der Waals surface area contributed by atoms with Crippen molar-refractivity contribution in [2.24, 2.45) is 17.8 Å². The molecule has 0 saturated heterocycles. The molecule has 1 amide bonds. The topological polar surface area (TPSA) is 47.6 Å². The maximum Gasteiger partial charge on any atom is 0.248 e. The number of hydrogen-bond acceptors (Lipinski definition) is 3. The lowest BCUT2D eigenvalue weighted by Gasteiger charge is -2.57. The lowest BCUT2D eigenvalue weighted by Crippen LogP contribution is -2.48. The van der Waals surface area contributed by atoms with Crippen LogP contribution in [0.4, 0.5) is 5.69 Å². The second-order valence-corrected chi connectivity index (χ2v) is 9.71. The van der Waals surface area contributed by atoms with Gasteiger partial charge < -0.3 is 14.8 Å². The first-order chi connectivity index (χ1) is 14.6. The van der Waals surface area contributed by atoms with Gasteiger partial charge in [0.15, 0.2) is 11.5 Å². The van der Waals surface area contributed by atoms with Gasteiger partial charge in [-0.3, -0.25) is 4.79 Å². The SMILES string of the molecule is O=C(/C=C/c1ccc2c(c1)OCO2)Nc1ccc(C23CC4CC(CC(C4)C2)C3)cc1. The Morgan fingerprint density at radius 3 is 2.27 bits per heavy atom. The number of carbonyl (C=O) groups excluding carboxylic acids is 1. The fraction of sp³-hybridized carbons (Fsp3) is 0.423. The molecule has 4 nitrogen and oxygen atoms in total. The Hall–Kier alpha value is -2.75. The maximum atomic E-state index is 12.4. The lowest BCUT2D eigenvalue weighted by atomic mass is 9.48. The minimum Gasteiger partial charge on any atom is -0.454 e. The number of benzene rings is 2. The first-order valence-corrected chi connectivity index (χ1v) is 11.1. The molecule has 4 fully saturated rings. The van der Waals surface area contributed by atoms with Gasteiger partial charge in [0.2, 0.25) is 12.7 Å². The molecule has 2 aromatic rings. The highest BCUT2D eigenvalue weighted by Gasteiger charge is 2.51. The third-order valence-corrected chi connectivity index (χ3v) is 7.63. The van der Waals surface area contributed by atoms with Crippen LogP contribution in [0, 0.1) is 17.8 Å². The second-order valence-electron chi connectivity index (χ2n) is 9.71. The molecule has 2 aromatic carbocycles. The van der Waals surface area contributed by atoms with Crippen LogP contribution in [-0.4, -0.2) is 12.7 Å². The summed E-state index contributed by atoms with van der Waals surface area (Å²) < 4.78 is 10.7. The predicted molar refractivity (Wildman–Crippen MR) is 117 cm³/mol. The molecule has 1 heterocycles. The van der Waals surface area contributed by atoms with Crippen molar-refractivity contribution >= 4 is 17.7 Å². The van der Waals surface area contributed by atoms with E-state index in [0.29, 0.717) is 5.41 Å². The van der Waals surface area contributed by atoms with Gasteiger partial charge in [0, 0.05) is 11.8 Å². The average Bonchev–Trinajstić information content (AvgIpc) is 3.20. The Kier molecular flexibility index (Phi) is 4.15. The zero-order valence-corrected chi connectivity index (χ0v) is 17.1. The summed E-state index contributed by atoms with van der Waals surface area (Å²) >= 11 is 0. The van der Waals surface area contributed by atoms with Crippen LogP contribution in [0.2, 0.25) is 0 Å². The van der Waals surface area contributed by atoms with Crippen molar-refractivity contribution in [3.8, 4) is 11.5 Å².